The van der Waals surface area contributed by atoms with E-state index in [4.69, 9.17) is 22.1 Å². The SMILES string of the molecule is COC(=O)C(CN)N(C)C(C)c1ccccc1Cl. The van der Waals surface area contributed by atoms with Gasteiger partial charge in [0, 0.05) is 17.6 Å². The lowest BCUT2D eigenvalue weighted by Crippen LogP contribution is -2.45. The van der Waals surface area contributed by atoms with Crippen molar-refractivity contribution in [1.29, 1.82) is 0 Å². The summed E-state index contributed by atoms with van der Waals surface area (Å²) in [7, 11) is 3.20. The highest BCUT2D eigenvalue weighted by Gasteiger charge is 2.27. The Bertz CT molecular complexity index is 412. The number of ether oxygens (including phenoxy) is 1. The van der Waals surface area contributed by atoms with Crippen molar-refractivity contribution in [2.75, 3.05) is 20.7 Å². The smallest absolute Gasteiger partial charge is 0.324 e. The molecule has 2 unspecified atom stereocenters. The maximum Gasteiger partial charge on any atom is 0.324 e. The number of hydrogen-bond acceptors (Lipinski definition) is 4. The molecular weight excluding hydrogens is 252 g/mol. The van der Waals surface area contributed by atoms with Gasteiger partial charge in [-0.1, -0.05) is 29.8 Å². The number of carbonyl (C=O) groups is 1. The Morgan fingerprint density at radius 3 is 2.61 bits per heavy atom. The summed E-state index contributed by atoms with van der Waals surface area (Å²) in [6.45, 7) is 2.19. The maximum absolute atomic E-state index is 11.6. The Balaban J connectivity index is 2.92. The number of carbonyl (C=O) groups excluding carboxylic acids is 1. The van der Waals surface area contributed by atoms with Gasteiger partial charge in [0.25, 0.3) is 0 Å². The monoisotopic (exact) mass is 270 g/mol. The average molecular weight is 271 g/mol. The minimum atomic E-state index is -0.471. The molecule has 18 heavy (non-hydrogen) atoms. The fourth-order valence-corrected chi connectivity index (χ4v) is 2.16. The van der Waals surface area contributed by atoms with Crippen LogP contribution in [0.25, 0.3) is 0 Å². The van der Waals surface area contributed by atoms with Crippen LogP contribution in [-0.2, 0) is 9.53 Å². The van der Waals surface area contributed by atoms with Gasteiger partial charge in [-0.2, -0.15) is 0 Å². The predicted molar refractivity (Wildman–Crippen MR) is 72.5 cm³/mol. The van der Waals surface area contributed by atoms with Crippen LogP contribution in [0, 0.1) is 0 Å². The molecule has 5 heteroatoms. The molecule has 2 atom stereocenters. The third-order valence-electron chi connectivity index (χ3n) is 3.15. The fourth-order valence-electron chi connectivity index (χ4n) is 1.87. The molecule has 0 aromatic heterocycles. The standard InChI is InChI=1S/C13H19ClN2O2/c1-9(10-6-4-5-7-11(10)14)16(2)12(8-15)13(17)18-3/h4-7,9,12H,8,15H2,1-3H3. The number of methoxy groups -OCH3 is 1. The van der Waals surface area contributed by atoms with Crippen molar-refractivity contribution in [3.63, 3.8) is 0 Å². The van der Waals surface area contributed by atoms with Crippen molar-refractivity contribution >= 4 is 17.6 Å². The highest BCUT2D eigenvalue weighted by molar-refractivity contribution is 6.31. The van der Waals surface area contributed by atoms with Crippen molar-refractivity contribution in [2.24, 2.45) is 5.73 Å². The van der Waals surface area contributed by atoms with E-state index in [1.807, 2.05) is 43.1 Å². The van der Waals surface area contributed by atoms with Gasteiger partial charge in [0.15, 0.2) is 0 Å². The summed E-state index contributed by atoms with van der Waals surface area (Å²) in [5, 5.41) is 0.678. The number of rotatable bonds is 5. The van der Waals surface area contributed by atoms with E-state index in [1.165, 1.54) is 7.11 Å². The third kappa shape index (κ3) is 3.22. The highest BCUT2D eigenvalue weighted by Crippen LogP contribution is 2.27. The molecule has 1 rings (SSSR count). The Morgan fingerprint density at radius 2 is 2.11 bits per heavy atom. The van der Waals surface area contributed by atoms with E-state index in [0.29, 0.717) is 5.02 Å². The van der Waals surface area contributed by atoms with Crippen LogP contribution in [0.4, 0.5) is 0 Å². The number of benzene rings is 1. The summed E-state index contributed by atoms with van der Waals surface area (Å²) < 4.78 is 4.75. The van der Waals surface area contributed by atoms with Gasteiger partial charge in [-0.05, 0) is 25.6 Å². The molecule has 100 valence electrons. The van der Waals surface area contributed by atoms with E-state index in [0.717, 1.165) is 5.56 Å². The molecule has 0 fully saturated rings. The molecule has 1 aromatic rings. The number of halogens is 1. The molecule has 0 aliphatic carbocycles. The lowest BCUT2D eigenvalue weighted by atomic mass is 10.1. The van der Waals surface area contributed by atoms with E-state index in [2.05, 4.69) is 0 Å². The summed E-state index contributed by atoms with van der Waals surface area (Å²) in [5.41, 5.74) is 6.59. The highest BCUT2D eigenvalue weighted by atomic mass is 35.5. The number of esters is 1. The number of hydrogen-bond donors (Lipinski definition) is 1. The first kappa shape index (κ1) is 15.0. The van der Waals surface area contributed by atoms with Crippen molar-refractivity contribution in [1.82, 2.24) is 4.90 Å². The lowest BCUT2D eigenvalue weighted by molar-refractivity contribution is -0.146. The fraction of sp³-hybridized carbons (Fsp3) is 0.462. The van der Waals surface area contributed by atoms with Gasteiger partial charge in [-0.3, -0.25) is 9.69 Å². The zero-order chi connectivity index (χ0) is 13.7. The molecule has 0 spiro atoms. The summed E-state index contributed by atoms with van der Waals surface area (Å²) in [6.07, 6.45) is 0. The van der Waals surface area contributed by atoms with Gasteiger partial charge in [-0.15, -0.1) is 0 Å². The molecule has 1 aromatic carbocycles. The first-order chi connectivity index (χ1) is 8.52. The minimum Gasteiger partial charge on any atom is -0.468 e. The van der Waals surface area contributed by atoms with Crippen LogP contribution in [0.5, 0.6) is 0 Å². The molecule has 0 aliphatic rings. The maximum atomic E-state index is 11.6. The van der Waals surface area contributed by atoms with Crippen LogP contribution < -0.4 is 5.73 Å². The normalized spacial score (nSPS) is 14.3. The Hall–Kier alpha value is -1.10. The molecule has 0 saturated carbocycles. The largest absolute Gasteiger partial charge is 0.468 e. The van der Waals surface area contributed by atoms with Crippen LogP contribution in [-0.4, -0.2) is 37.6 Å². The van der Waals surface area contributed by atoms with Crippen molar-refractivity contribution in [3.05, 3.63) is 34.9 Å². The third-order valence-corrected chi connectivity index (χ3v) is 3.50. The summed E-state index contributed by atoms with van der Waals surface area (Å²) in [4.78, 5) is 13.5. The van der Waals surface area contributed by atoms with Crippen LogP contribution >= 0.6 is 11.6 Å². The van der Waals surface area contributed by atoms with E-state index in [1.54, 1.807) is 0 Å². The van der Waals surface area contributed by atoms with Gasteiger partial charge >= 0.3 is 5.97 Å². The van der Waals surface area contributed by atoms with Gasteiger partial charge < -0.3 is 10.5 Å². The quantitative estimate of drug-likeness (QED) is 0.830. The van der Waals surface area contributed by atoms with Gasteiger partial charge in [0.1, 0.15) is 6.04 Å². The molecule has 4 nitrogen and oxygen atoms in total. The van der Waals surface area contributed by atoms with Gasteiger partial charge in [0.05, 0.1) is 7.11 Å². The Kier molecular flexibility index (Phi) is 5.59. The number of likely N-dealkylation sites (N-methyl/N-ethyl adjacent to an activating group) is 1. The summed E-state index contributed by atoms with van der Waals surface area (Å²) >= 11 is 6.15. The first-order valence-corrected chi connectivity index (χ1v) is 6.15. The molecule has 0 saturated heterocycles. The lowest BCUT2D eigenvalue weighted by Gasteiger charge is -2.31. The van der Waals surface area contributed by atoms with E-state index in [9.17, 15) is 4.79 Å². The summed E-state index contributed by atoms with van der Waals surface area (Å²) in [5.74, 6) is -0.334. The molecule has 0 aliphatic heterocycles. The Labute approximate surface area is 113 Å². The minimum absolute atomic E-state index is 0.0219. The van der Waals surface area contributed by atoms with Gasteiger partial charge in [0.2, 0.25) is 0 Å². The predicted octanol–water partition coefficient (Wildman–Crippen LogP) is 1.83. The van der Waals surface area contributed by atoms with Gasteiger partial charge in [-0.25, -0.2) is 0 Å². The summed E-state index contributed by atoms with van der Waals surface area (Å²) in [6, 6.07) is 7.07. The van der Waals surface area contributed by atoms with E-state index >= 15 is 0 Å². The number of nitrogens with two attached hydrogens (primary N) is 1. The molecule has 0 radical (unpaired) electrons. The van der Waals surface area contributed by atoms with Crippen molar-refractivity contribution in [2.45, 2.75) is 19.0 Å². The Morgan fingerprint density at radius 1 is 1.50 bits per heavy atom. The molecule has 0 bridgehead atoms. The topological polar surface area (TPSA) is 55.6 Å². The molecular formula is C13H19ClN2O2. The van der Waals surface area contributed by atoms with Crippen LogP contribution in [0.1, 0.15) is 18.5 Å². The van der Waals surface area contributed by atoms with Crippen molar-refractivity contribution in [3.8, 4) is 0 Å². The van der Waals surface area contributed by atoms with Crippen LogP contribution in [0.2, 0.25) is 5.02 Å². The first-order valence-electron chi connectivity index (χ1n) is 5.77. The van der Waals surface area contributed by atoms with Crippen LogP contribution in [0.15, 0.2) is 24.3 Å². The molecule has 0 amide bonds. The molecule has 2 N–H and O–H groups in total. The second-order valence-electron chi connectivity index (χ2n) is 4.14. The zero-order valence-electron chi connectivity index (χ0n) is 10.9. The van der Waals surface area contributed by atoms with E-state index in [-0.39, 0.29) is 18.6 Å². The molecule has 0 heterocycles. The number of nitrogens with zero attached hydrogens (tertiary/aromatic N) is 1. The van der Waals surface area contributed by atoms with E-state index < -0.39 is 6.04 Å². The zero-order valence-corrected chi connectivity index (χ0v) is 11.6. The second-order valence-corrected chi connectivity index (χ2v) is 4.54. The average Bonchev–Trinajstić information content (AvgIpc) is 2.38. The van der Waals surface area contributed by atoms with Crippen LogP contribution in [0.3, 0.4) is 0 Å². The van der Waals surface area contributed by atoms with Crippen molar-refractivity contribution < 1.29 is 9.53 Å². The second kappa shape index (κ2) is 6.73.